The van der Waals surface area contributed by atoms with Crippen molar-refractivity contribution < 1.29 is 23.1 Å². The molecular weight excluding hydrogens is 532 g/mol. The SMILES string of the molecule is COc1cc(C(=O)NC2CC3(CCNCC3)C2)ccc1Nc1ncc2c(n1)N(C1CCCC1)CC(F)(F)C(=O)N2C. The molecule has 0 atom stereocenters. The van der Waals surface area contributed by atoms with Crippen LogP contribution in [0.15, 0.2) is 24.4 Å². The number of ether oxygens (including phenoxy) is 1. The average Bonchev–Trinajstić information content (AvgIpc) is 3.48. The Hall–Kier alpha value is -3.54. The highest BCUT2D eigenvalue weighted by molar-refractivity contribution is 6.02. The molecule has 2 amide bonds. The molecule has 2 aliphatic heterocycles. The van der Waals surface area contributed by atoms with Gasteiger partial charge in [-0.2, -0.15) is 13.8 Å². The van der Waals surface area contributed by atoms with E-state index in [0.717, 1.165) is 69.4 Å². The number of hydrogen-bond acceptors (Lipinski definition) is 8. The predicted molar refractivity (Wildman–Crippen MR) is 151 cm³/mol. The van der Waals surface area contributed by atoms with Crippen molar-refractivity contribution in [2.24, 2.45) is 5.41 Å². The van der Waals surface area contributed by atoms with Crippen LogP contribution in [0.25, 0.3) is 0 Å². The van der Waals surface area contributed by atoms with Gasteiger partial charge in [-0.3, -0.25) is 9.59 Å². The van der Waals surface area contributed by atoms with Crippen molar-refractivity contribution >= 4 is 35.0 Å². The Morgan fingerprint density at radius 2 is 1.90 bits per heavy atom. The van der Waals surface area contributed by atoms with Crippen molar-refractivity contribution in [3.8, 4) is 5.75 Å². The normalized spacial score (nSPS) is 22.2. The number of methoxy groups -OCH3 is 1. The second kappa shape index (κ2) is 10.7. The van der Waals surface area contributed by atoms with Crippen LogP contribution in [0.5, 0.6) is 5.75 Å². The van der Waals surface area contributed by atoms with E-state index in [1.54, 1.807) is 23.1 Å². The van der Waals surface area contributed by atoms with E-state index in [4.69, 9.17) is 4.74 Å². The Morgan fingerprint density at radius 3 is 2.61 bits per heavy atom. The minimum atomic E-state index is -3.54. The van der Waals surface area contributed by atoms with E-state index < -0.39 is 18.4 Å². The number of carbonyl (C=O) groups excluding carboxylic acids is 2. The first-order valence-corrected chi connectivity index (χ1v) is 14.4. The van der Waals surface area contributed by atoms with Gasteiger partial charge in [-0.05, 0) is 75.2 Å². The standard InChI is InChI=1S/C29H37F2N7O3/c1-37-22-16-33-27(36-24(22)38(20-5-3-4-6-20)17-29(30,31)26(37)40)35-21-8-7-18(13-23(21)41-2)25(39)34-19-14-28(15-19)9-11-32-12-10-28/h7-8,13,16,19-20,32H,3-6,9-12,14-15,17H2,1-2H3,(H,34,39)(H,33,35,36). The first-order valence-electron chi connectivity index (χ1n) is 14.4. The van der Waals surface area contributed by atoms with Crippen LogP contribution < -0.4 is 30.5 Å². The minimum Gasteiger partial charge on any atom is -0.495 e. The van der Waals surface area contributed by atoms with E-state index in [-0.39, 0.29) is 29.6 Å². The van der Waals surface area contributed by atoms with Gasteiger partial charge in [-0.15, -0.1) is 0 Å². The lowest BCUT2D eigenvalue weighted by molar-refractivity contribution is -0.140. The fourth-order valence-electron chi connectivity index (χ4n) is 6.88. The number of piperidine rings is 1. The number of alkyl halides is 2. The summed E-state index contributed by atoms with van der Waals surface area (Å²) in [6.45, 7) is 1.36. The van der Waals surface area contributed by atoms with Crippen LogP contribution in [-0.4, -0.2) is 73.6 Å². The number of carbonyl (C=O) groups is 2. The van der Waals surface area contributed by atoms with Crippen LogP contribution in [0.3, 0.4) is 0 Å². The molecule has 1 aromatic heterocycles. The molecule has 0 radical (unpaired) electrons. The van der Waals surface area contributed by atoms with Gasteiger partial charge in [-0.25, -0.2) is 4.98 Å². The zero-order valence-corrected chi connectivity index (χ0v) is 23.5. The lowest BCUT2D eigenvalue weighted by Gasteiger charge is -2.50. The lowest BCUT2D eigenvalue weighted by atomic mass is 9.60. The Kier molecular flexibility index (Phi) is 7.21. The van der Waals surface area contributed by atoms with Crippen LogP contribution >= 0.6 is 0 Å². The number of anilines is 4. The third-order valence-corrected chi connectivity index (χ3v) is 9.20. The third-order valence-electron chi connectivity index (χ3n) is 9.20. The maximum atomic E-state index is 14.9. The number of nitrogens with zero attached hydrogens (tertiary/aromatic N) is 4. The first kappa shape index (κ1) is 27.6. The summed E-state index contributed by atoms with van der Waals surface area (Å²) in [6.07, 6.45) is 9.14. The van der Waals surface area contributed by atoms with E-state index in [1.807, 2.05) is 0 Å². The van der Waals surface area contributed by atoms with Gasteiger partial charge >= 0.3 is 5.92 Å². The second-order valence-corrected chi connectivity index (χ2v) is 11.9. The van der Waals surface area contributed by atoms with Crippen molar-refractivity contribution in [3.63, 3.8) is 0 Å². The summed E-state index contributed by atoms with van der Waals surface area (Å²) in [5.41, 5.74) is 1.62. The number of nitrogens with one attached hydrogen (secondary N) is 3. The molecule has 0 bridgehead atoms. The molecule has 10 nitrogen and oxygen atoms in total. The number of fused-ring (bicyclic) bond motifs is 1. The highest BCUT2D eigenvalue weighted by atomic mass is 19.3. The number of benzene rings is 1. The molecule has 41 heavy (non-hydrogen) atoms. The Balaban J connectivity index is 1.20. The van der Waals surface area contributed by atoms with Crippen LogP contribution in [-0.2, 0) is 4.79 Å². The van der Waals surface area contributed by atoms with Crippen molar-refractivity contribution in [1.29, 1.82) is 0 Å². The van der Waals surface area contributed by atoms with Crippen LogP contribution in [0.4, 0.5) is 31.9 Å². The molecule has 0 unspecified atom stereocenters. The van der Waals surface area contributed by atoms with E-state index in [1.165, 1.54) is 20.4 Å². The van der Waals surface area contributed by atoms with E-state index >= 15 is 0 Å². The lowest BCUT2D eigenvalue weighted by Crippen LogP contribution is -2.54. The fourth-order valence-corrected chi connectivity index (χ4v) is 6.88. The number of halogens is 2. The van der Waals surface area contributed by atoms with Crippen molar-refractivity contribution in [2.45, 2.75) is 69.4 Å². The van der Waals surface area contributed by atoms with Crippen LogP contribution in [0, 0.1) is 5.41 Å². The predicted octanol–water partition coefficient (Wildman–Crippen LogP) is 3.85. The summed E-state index contributed by atoms with van der Waals surface area (Å²) in [4.78, 5) is 37.0. The fraction of sp³-hybridized carbons (Fsp3) is 0.586. The van der Waals surface area contributed by atoms with Crippen LogP contribution in [0.1, 0.15) is 61.7 Å². The zero-order chi connectivity index (χ0) is 28.8. The number of amides is 2. The van der Waals surface area contributed by atoms with Gasteiger partial charge in [0.05, 0.1) is 25.5 Å². The molecular formula is C29H37F2N7O3. The van der Waals surface area contributed by atoms with Gasteiger partial charge in [0.2, 0.25) is 5.95 Å². The topological polar surface area (TPSA) is 112 Å². The zero-order valence-electron chi connectivity index (χ0n) is 23.5. The largest absolute Gasteiger partial charge is 0.495 e. The molecule has 3 fully saturated rings. The second-order valence-electron chi connectivity index (χ2n) is 11.9. The van der Waals surface area contributed by atoms with Crippen molar-refractivity contribution in [1.82, 2.24) is 20.6 Å². The molecule has 1 saturated heterocycles. The number of hydrogen-bond donors (Lipinski definition) is 3. The molecule has 1 aromatic carbocycles. The molecule has 1 spiro atoms. The molecule has 12 heteroatoms. The van der Waals surface area contributed by atoms with E-state index in [9.17, 15) is 18.4 Å². The number of aromatic nitrogens is 2. The number of rotatable bonds is 6. The highest BCUT2D eigenvalue weighted by Crippen LogP contribution is 2.48. The van der Waals surface area contributed by atoms with Crippen molar-refractivity contribution in [3.05, 3.63) is 30.0 Å². The molecule has 3 heterocycles. The summed E-state index contributed by atoms with van der Waals surface area (Å²) < 4.78 is 35.3. The summed E-state index contributed by atoms with van der Waals surface area (Å²) >= 11 is 0. The summed E-state index contributed by atoms with van der Waals surface area (Å²) in [5, 5.41) is 9.67. The molecule has 2 aliphatic carbocycles. The average molecular weight is 570 g/mol. The van der Waals surface area contributed by atoms with Gasteiger partial charge in [0.25, 0.3) is 11.8 Å². The molecule has 4 aliphatic rings. The maximum absolute atomic E-state index is 14.9. The quantitative estimate of drug-likeness (QED) is 0.481. The van der Waals surface area contributed by atoms with Gasteiger partial charge in [-0.1, -0.05) is 12.8 Å². The third kappa shape index (κ3) is 5.29. The van der Waals surface area contributed by atoms with E-state index in [0.29, 0.717) is 28.2 Å². The van der Waals surface area contributed by atoms with Gasteiger partial charge in [0, 0.05) is 24.7 Å². The van der Waals surface area contributed by atoms with Crippen LogP contribution in [0.2, 0.25) is 0 Å². The Morgan fingerprint density at radius 1 is 1.17 bits per heavy atom. The van der Waals surface area contributed by atoms with Gasteiger partial charge in [0.15, 0.2) is 5.82 Å². The summed E-state index contributed by atoms with van der Waals surface area (Å²) in [5.74, 6) is -4.07. The summed E-state index contributed by atoms with van der Waals surface area (Å²) in [7, 11) is 2.84. The maximum Gasteiger partial charge on any atom is 0.342 e. The minimum absolute atomic E-state index is 0.130. The van der Waals surface area contributed by atoms with Gasteiger partial charge < -0.3 is 30.5 Å². The smallest absolute Gasteiger partial charge is 0.342 e. The monoisotopic (exact) mass is 569 g/mol. The van der Waals surface area contributed by atoms with Gasteiger partial charge in [0.1, 0.15) is 11.4 Å². The Bertz CT molecular complexity index is 1320. The molecule has 220 valence electrons. The summed E-state index contributed by atoms with van der Waals surface area (Å²) in [6, 6.07) is 5.14. The molecule has 2 aromatic rings. The Labute approximate surface area is 238 Å². The first-order chi connectivity index (χ1) is 19.7. The molecule has 3 N–H and O–H groups in total. The molecule has 2 saturated carbocycles. The van der Waals surface area contributed by atoms with Crippen molar-refractivity contribution in [2.75, 3.05) is 48.9 Å². The molecule has 6 rings (SSSR count). The van der Waals surface area contributed by atoms with E-state index in [2.05, 4.69) is 25.9 Å². The highest BCUT2D eigenvalue weighted by Gasteiger charge is 2.49.